The molecule has 3 rings (SSSR count). The van der Waals surface area contributed by atoms with Crippen LogP contribution in [0.25, 0.3) is 16.4 Å². The number of benzene rings is 2. The fourth-order valence-corrected chi connectivity index (χ4v) is 3.26. The summed E-state index contributed by atoms with van der Waals surface area (Å²) in [6.07, 6.45) is 4.67. The Bertz CT molecular complexity index is 1110. The SMILES string of the molecule is C=CCOc1cc2sc(=O)oc2cc1C(=O)/C=C/c1ccc(OC)c(OC)c1. The van der Waals surface area contributed by atoms with E-state index >= 15 is 0 Å². The minimum atomic E-state index is -0.435. The van der Waals surface area contributed by atoms with E-state index in [1.165, 1.54) is 12.1 Å². The Morgan fingerprint density at radius 2 is 1.93 bits per heavy atom. The van der Waals surface area contributed by atoms with Crippen LogP contribution in [0.1, 0.15) is 15.9 Å². The zero-order chi connectivity index (χ0) is 20.1. The van der Waals surface area contributed by atoms with Crippen LogP contribution < -0.4 is 19.1 Å². The molecule has 28 heavy (non-hydrogen) atoms. The maximum atomic E-state index is 12.8. The van der Waals surface area contributed by atoms with Crippen LogP contribution in [0, 0.1) is 0 Å². The quantitative estimate of drug-likeness (QED) is 0.319. The first kappa shape index (κ1) is 19.4. The molecule has 0 spiro atoms. The van der Waals surface area contributed by atoms with Crippen molar-refractivity contribution in [2.24, 2.45) is 0 Å². The predicted molar refractivity (Wildman–Crippen MR) is 109 cm³/mol. The normalized spacial score (nSPS) is 10.9. The summed E-state index contributed by atoms with van der Waals surface area (Å²) in [5, 5.41) is 0. The maximum absolute atomic E-state index is 12.8. The molecule has 144 valence electrons. The Kier molecular flexibility index (Phi) is 5.96. The summed E-state index contributed by atoms with van der Waals surface area (Å²) >= 11 is 0.955. The van der Waals surface area contributed by atoms with Gasteiger partial charge in [-0.1, -0.05) is 36.1 Å². The molecule has 0 aliphatic rings. The first-order valence-corrected chi connectivity index (χ1v) is 9.13. The number of allylic oxidation sites excluding steroid dienone is 1. The summed E-state index contributed by atoms with van der Waals surface area (Å²) in [4.78, 5) is 23.8. The summed E-state index contributed by atoms with van der Waals surface area (Å²) in [6, 6.07) is 8.48. The lowest BCUT2D eigenvalue weighted by molar-refractivity contribution is 0.104. The van der Waals surface area contributed by atoms with Gasteiger partial charge in [0, 0.05) is 6.07 Å². The Morgan fingerprint density at radius 3 is 2.64 bits per heavy atom. The van der Waals surface area contributed by atoms with Crippen molar-refractivity contribution in [1.29, 1.82) is 0 Å². The number of rotatable bonds is 8. The highest BCUT2D eigenvalue weighted by Gasteiger charge is 2.15. The third-order valence-corrected chi connectivity index (χ3v) is 4.68. The molecular formula is C21H18O6S. The molecule has 1 heterocycles. The van der Waals surface area contributed by atoms with Gasteiger partial charge < -0.3 is 18.6 Å². The summed E-state index contributed by atoms with van der Waals surface area (Å²) in [5.41, 5.74) is 1.42. The zero-order valence-electron chi connectivity index (χ0n) is 15.4. The van der Waals surface area contributed by atoms with Crippen LogP contribution in [-0.2, 0) is 0 Å². The molecule has 0 radical (unpaired) electrons. The van der Waals surface area contributed by atoms with Gasteiger partial charge >= 0.3 is 4.94 Å². The van der Waals surface area contributed by atoms with E-state index in [-0.39, 0.29) is 12.4 Å². The fourth-order valence-electron chi connectivity index (χ4n) is 2.58. The van der Waals surface area contributed by atoms with Crippen molar-refractivity contribution in [3.05, 3.63) is 69.9 Å². The van der Waals surface area contributed by atoms with E-state index < -0.39 is 4.94 Å². The molecule has 0 fully saturated rings. The summed E-state index contributed by atoms with van der Waals surface area (Å²) < 4.78 is 21.8. The van der Waals surface area contributed by atoms with E-state index in [4.69, 9.17) is 18.6 Å². The van der Waals surface area contributed by atoms with Crippen molar-refractivity contribution in [2.45, 2.75) is 0 Å². The Morgan fingerprint density at radius 1 is 1.14 bits per heavy atom. The van der Waals surface area contributed by atoms with Gasteiger partial charge in [0.2, 0.25) is 0 Å². The van der Waals surface area contributed by atoms with E-state index in [1.807, 2.05) is 0 Å². The lowest BCUT2D eigenvalue weighted by Gasteiger charge is -2.08. The molecule has 7 heteroatoms. The highest BCUT2D eigenvalue weighted by Crippen LogP contribution is 2.30. The minimum Gasteiger partial charge on any atom is -0.493 e. The molecular weight excluding hydrogens is 380 g/mol. The second kappa shape index (κ2) is 8.58. The monoisotopic (exact) mass is 398 g/mol. The van der Waals surface area contributed by atoms with Crippen LogP contribution in [0.15, 0.2) is 58.3 Å². The van der Waals surface area contributed by atoms with Gasteiger partial charge in [-0.25, -0.2) is 4.79 Å². The molecule has 0 amide bonds. The predicted octanol–water partition coefficient (Wildman–Crippen LogP) is 4.33. The Hall–Kier alpha value is -3.32. The van der Waals surface area contributed by atoms with Gasteiger partial charge in [0.15, 0.2) is 22.9 Å². The molecule has 3 aromatic rings. The number of carbonyl (C=O) groups excluding carboxylic acids is 1. The van der Waals surface area contributed by atoms with Crippen molar-refractivity contribution in [3.63, 3.8) is 0 Å². The van der Waals surface area contributed by atoms with E-state index in [0.29, 0.717) is 33.1 Å². The molecule has 6 nitrogen and oxygen atoms in total. The highest BCUT2D eigenvalue weighted by molar-refractivity contribution is 7.16. The van der Waals surface area contributed by atoms with Crippen molar-refractivity contribution >= 4 is 33.5 Å². The van der Waals surface area contributed by atoms with Crippen LogP contribution in [-0.4, -0.2) is 26.6 Å². The van der Waals surface area contributed by atoms with Crippen molar-refractivity contribution in [1.82, 2.24) is 0 Å². The third-order valence-electron chi connectivity index (χ3n) is 3.89. The van der Waals surface area contributed by atoms with Crippen LogP contribution in [0.2, 0.25) is 0 Å². The average Bonchev–Trinajstić information content (AvgIpc) is 3.08. The van der Waals surface area contributed by atoms with Crippen LogP contribution in [0.3, 0.4) is 0 Å². The second-order valence-corrected chi connectivity index (χ2v) is 6.64. The molecule has 0 aliphatic heterocycles. The second-order valence-electron chi connectivity index (χ2n) is 5.66. The van der Waals surface area contributed by atoms with Gasteiger partial charge in [-0.05, 0) is 29.8 Å². The smallest absolute Gasteiger partial charge is 0.396 e. The van der Waals surface area contributed by atoms with Crippen LogP contribution in [0.5, 0.6) is 17.2 Å². The Labute approximate surface area is 165 Å². The summed E-state index contributed by atoms with van der Waals surface area (Å²) in [7, 11) is 3.10. The molecule has 0 bridgehead atoms. The fraction of sp³-hybridized carbons (Fsp3) is 0.143. The van der Waals surface area contributed by atoms with Crippen molar-refractivity contribution < 1.29 is 23.4 Å². The molecule has 0 aliphatic carbocycles. The summed E-state index contributed by atoms with van der Waals surface area (Å²) in [5.74, 6) is 1.24. The number of hydrogen-bond donors (Lipinski definition) is 0. The van der Waals surface area contributed by atoms with Gasteiger partial charge in [-0.15, -0.1) is 0 Å². The largest absolute Gasteiger partial charge is 0.493 e. The van der Waals surface area contributed by atoms with Gasteiger partial charge in [-0.2, -0.15) is 0 Å². The lowest BCUT2D eigenvalue weighted by atomic mass is 10.1. The average molecular weight is 398 g/mol. The topological polar surface area (TPSA) is 75.0 Å². The molecule has 1 aromatic heterocycles. The Balaban J connectivity index is 1.94. The van der Waals surface area contributed by atoms with Gasteiger partial charge in [0.1, 0.15) is 12.4 Å². The van der Waals surface area contributed by atoms with Crippen molar-refractivity contribution in [3.8, 4) is 17.2 Å². The van der Waals surface area contributed by atoms with Crippen molar-refractivity contribution in [2.75, 3.05) is 20.8 Å². The molecule has 0 atom stereocenters. The molecule has 0 saturated carbocycles. The van der Waals surface area contributed by atoms with E-state index in [0.717, 1.165) is 16.9 Å². The van der Waals surface area contributed by atoms with E-state index in [2.05, 4.69) is 6.58 Å². The zero-order valence-corrected chi connectivity index (χ0v) is 16.2. The lowest BCUT2D eigenvalue weighted by Crippen LogP contribution is -2.02. The van der Waals surface area contributed by atoms with Gasteiger partial charge in [-0.3, -0.25) is 4.79 Å². The van der Waals surface area contributed by atoms with E-state index in [1.54, 1.807) is 50.6 Å². The van der Waals surface area contributed by atoms with E-state index in [9.17, 15) is 9.59 Å². The number of hydrogen-bond acceptors (Lipinski definition) is 7. The third kappa shape index (κ3) is 4.15. The standard InChI is InChI=1S/C21H18O6S/c1-4-9-26-17-12-20-19(27-21(23)28-20)11-14(17)15(22)7-5-13-6-8-16(24-2)18(10-13)25-3/h4-8,10-12H,1,9H2,2-3H3/b7-5+. The highest BCUT2D eigenvalue weighted by atomic mass is 32.1. The number of ketones is 1. The number of carbonyl (C=O) groups is 1. The maximum Gasteiger partial charge on any atom is 0.396 e. The number of fused-ring (bicyclic) bond motifs is 1. The first-order valence-electron chi connectivity index (χ1n) is 8.31. The van der Waals surface area contributed by atoms with Gasteiger partial charge in [0.25, 0.3) is 0 Å². The number of ether oxygens (including phenoxy) is 3. The molecule has 0 N–H and O–H groups in total. The molecule has 0 saturated heterocycles. The summed E-state index contributed by atoms with van der Waals surface area (Å²) in [6.45, 7) is 3.85. The first-order chi connectivity index (χ1) is 13.5. The minimum absolute atomic E-state index is 0.234. The molecule has 0 unspecified atom stereocenters. The van der Waals surface area contributed by atoms with Crippen LogP contribution >= 0.6 is 11.3 Å². The van der Waals surface area contributed by atoms with Gasteiger partial charge in [0.05, 0.1) is 24.5 Å². The molecule has 2 aromatic carbocycles. The van der Waals surface area contributed by atoms with Crippen LogP contribution in [0.4, 0.5) is 0 Å². The number of methoxy groups -OCH3 is 2.